The molecule has 1 unspecified atom stereocenters. The molecule has 164 valence electrons. The van der Waals surface area contributed by atoms with Gasteiger partial charge in [0.25, 0.3) is 5.91 Å². The van der Waals surface area contributed by atoms with E-state index in [1.165, 1.54) is 25.5 Å². The van der Waals surface area contributed by atoms with E-state index in [1.807, 2.05) is 4.90 Å². The van der Waals surface area contributed by atoms with Crippen LogP contribution < -0.4 is 5.32 Å². The van der Waals surface area contributed by atoms with Crippen molar-refractivity contribution in [3.8, 4) is 5.75 Å². The first kappa shape index (κ1) is 21.1. The van der Waals surface area contributed by atoms with Crippen molar-refractivity contribution < 1.29 is 19.4 Å². The average Bonchev–Trinajstić information content (AvgIpc) is 3.54. The Hall–Kier alpha value is -2.12. The molecule has 1 aliphatic carbocycles. The van der Waals surface area contributed by atoms with Crippen LogP contribution >= 0.6 is 0 Å². The second kappa shape index (κ2) is 9.35. The fourth-order valence-corrected chi connectivity index (χ4v) is 4.51. The number of nitrogens with one attached hydrogen (secondary N) is 1. The van der Waals surface area contributed by atoms with Gasteiger partial charge in [-0.2, -0.15) is 0 Å². The van der Waals surface area contributed by atoms with E-state index < -0.39 is 0 Å². The van der Waals surface area contributed by atoms with Crippen LogP contribution in [0.15, 0.2) is 18.2 Å². The lowest BCUT2D eigenvalue weighted by molar-refractivity contribution is -0.149. The molecule has 0 aromatic heterocycles. The van der Waals surface area contributed by atoms with E-state index in [1.54, 1.807) is 19.1 Å². The largest absolute Gasteiger partial charge is 0.508 e. The van der Waals surface area contributed by atoms with Crippen LogP contribution in [0.4, 0.5) is 0 Å². The summed E-state index contributed by atoms with van der Waals surface area (Å²) in [6, 6.07) is 4.70. The van der Waals surface area contributed by atoms with Crippen LogP contribution in [0.2, 0.25) is 0 Å². The Balaban J connectivity index is 1.23. The van der Waals surface area contributed by atoms with Crippen molar-refractivity contribution in [1.82, 2.24) is 15.1 Å². The van der Waals surface area contributed by atoms with Gasteiger partial charge in [-0.25, -0.2) is 0 Å². The monoisotopic (exact) mass is 415 g/mol. The zero-order valence-electron chi connectivity index (χ0n) is 17.8. The van der Waals surface area contributed by atoms with Crippen LogP contribution in [-0.2, 0) is 9.53 Å². The predicted molar refractivity (Wildman–Crippen MR) is 113 cm³/mol. The first-order chi connectivity index (χ1) is 14.5. The Morgan fingerprint density at radius 3 is 2.60 bits per heavy atom. The summed E-state index contributed by atoms with van der Waals surface area (Å²) in [5.41, 5.74) is 1.26. The number of carbonyl (C=O) groups is 2. The second-order valence-electron chi connectivity index (χ2n) is 9.13. The number of piperidine rings is 1. The third kappa shape index (κ3) is 5.52. The zero-order valence-corrected chi connectivity index (χ0v) is 17.8. The first-order valence-electron chi connectivity index (χ1n) is 11.2. The Morgan fingerprint density at radius 2 is 1.90 bits per heavy atom. The lowest BCUT2D eigenvalue weighted by Crippen LogP contribution is -2.52. The third-order valence-electron chi connectivity index (χ3n) is 6.56. The maximum atomic E-state index is 12.5. The van der Waals surface area contributed by atoms with E-state index >= 15 is 0 Å². The Kier molecular flexibility index (Phi) is 6.58. The van der Waals surface area contributed by atoms with Gasteiger partial charge in [0.05, 0.1) is 6.10 Å². The lowest BCUT2D eigenvalue weighted by Gasteiger charge is -2.38. The van der Waals surface area contributed by atoms with Crippen LogP contribution in [0.5, 0.6) is 5.75 Å². The molecule has 2 saturated heterocycles. The van der Waals surface area contributed by atoms with Gasteiger partial charge in [0, 0.05) is 31.7 Å². The van der Waals surface area contributed by atoms with Crippen molar-refractivity contribution in [2.24, 2.45) is 11.8 Å². The van der Waals surface area contributed by atoms with E-state index in [2.05, 4.69) is 10.2 Å². The van der Waals surface area contributed by atoms with Crippen LogP contribution in [0.1, 0.15) is 41.6 Å². The summed E-state index contributed by atoms with van der Waals surface area (Å²) >= 11 is 0. The number of phenols is 1. The number of hydrogen-bond acceptors (Lipinski definition) is 5. The topological polar surface area (TPSA) is 82.1 Å². The number of morpholine rings is 1. The summed E-state index contributed by atoms with van der Waals surface area (Å²) in [5.74, 6) is 1.49. The van der Waals surface area contributed by atoms with Crippen molar-refractivity contribution in [2.45, 2.75) is 38.7 Å². The molecule has 2 amide bonds. The van der Waals surface area contributed by atoms with E-state index in [0.29, 0.717) is 24.6 Å². The molecule has 30 heavy (non-hydrogen) atoms. The highest BCUT2D eigenvalue weighted by Crippen LogP contribution is 2.31. The normalized spacial score (nSPS) is 23.6. The summed E-state index contributed by atoms with van der Waals surface area (Å²) in [5, 5.41) is 12.4. The minimum atomic E-state index is -0.195. The van der Waals surface area contributed by atoms with Gasteiger partial charge in [0.1, 0.15) is 12.4 Å². The molecule has 1 saturated carbocycles. The minimum Gasteiger partial charge on any atom is -0.508 e. The number of hydrogen-bond donors (Lipinski definition) is 2. The zero-order chi connectivity index (χ0) is 21.1. The number of amides is 2. The predicted octanol–water partition coefficient (Wildman–Crippen LogP) is 1.78. The third-order valence-corrected chi connectivity index (χ3v) is 6.56. The van der Waals surface area contributed by atoms with Crippen molar-refractivity contribution in [3.05, 3.63) is 29.3 Å². The molecule has 0 radical (unpaired) electrons. The number of aromatic hydroxyl groups is 1. The summed E-state index contributed by atoms with van der Waals surface area (Å²) in [6.45, 7) is 7.10. The smallest absolute Gasteiger partial charge is 0.251 e. The SMILES string of the molecule is Cc1cc(O)ccc1C(=O)NCC1CN(CC2CCN(CC3CC3)CC2)C(=O)CO1. The average molecular weight is 416 g/mol. The quantitative estimate of drug-likeness (QED) is 0.710. The number of nitrogens with zero attached hydrogens (tertiary/aromatic N) is 2. The van der Waals surface area contributed by atoms with Gasteiger partial charge >= 0.3 is 0 Å². The molecule has 3 fully saturated rings. The highest BCUT2D eigenvalue weighted by molar-refractivity contribution is 5.95. The van der Waals surface area contributed by atoms with Crippen molar-refractivity contribution in [1.29, 1.82) is 0 Å². The van der Waals surface area contributed by atoms with Gasteiger partial charge in [-0.05, 0) is 81.3 Å². The fourth-order valence-electron chi connectivity index (χ4n) is 4.51. The summed E-state index contributed by atoms with van der Waals surface area (Å²) in [7, 11) is 0. The molecular weight excluding hydrogens is 382 g/mol. The molecule has 3 aliphatic rings. The molecule has 7 heteroatoms. The number of likely N-dealkylation sites (tertiary alicyclic amines) is 1. The number of benzene rings is 1. The van der Waals surface area contributed by atoms with Crippen LogP contribution in [0.25, 0.3) is 0 Å². The van der Waals surface area contributed by atoms with Gasteiger partial charge in [0.2, 0.25) is 5.91 Å². The maximum Gasteiger partial charge on any atom is 0.251 e. The molecular formula is C23H33N3O4. The number of aryl methyl sites for hydroxylation is 1. The first-order valence-corrected chi connectivity index (χ1v) is 11.2. The second-order valence-corrected chi connectivity index (χ2v) is 9.13. The van der Waals surface area contributed by atoms with E-state index in [9.17, 15) is 14.7 Å². The molecule has 0 spiro atoms. The number of carbonyl (C=O) groups excluding carboxylic acids is 2. The minimum absolute atomic E-state index is 0.0485. The van der Waals surface area contributed by atoms with Gasteiger partial charge < -0.3 is 25.0 Å². The Bertz CT molecular complexity index is 772. The van der Waals surface area contributed by atoms with Crippen molar-refractivity contribution in [3.63, 3.8) is 0 Å². The summed E-state index contributed by atoms with van der Waals surface area (Å²) < 4.78 is 5.66. The van der Waals surface area contributed by atoms with E-state index in [-0.39, 0.29) is 30.3 Å². The van der Waals surface area contributed by atoms with E-state index in [4.69, 9.17) is 4.74 Å². The molecule has 4 rings (SSSR count). The van der Waals surface area contributed by atoms with E-state index in [0.717, 1.165) is 44.0 Å². The molecule has 2 heterocycles. The standard InChI is InChI=1S/C23H33N3O4/c1-16-10-19(27)4-5-21(16)23(29)24-11-20-14-26(22(28)15-30-20)13-18-6-8-25(9-7-18)12-17-2-3-17/h4-5,10,17-18,20,27H,2-3,6-9,11-15H2,1H3,(H,24,29). The number of ether oxygens (including phenoxy) is 1. The molecule has 0 bridgehead atoms. The van der Waals surface area contributed by atoms with Crippen molar-refractivity contribution >= 4 is 11.8 Å². The summed E-state index contributed by atoms with van der Waals surface area (Å²) in [6.07, 6.45) is 4.90. The number of rotatable bonds is 7. The van der Waals surface area contributed by atoms with Gasteiger partial charge in [-0.1, -0.05) is 0 Å². The van der Waals surface area contributed by atoms with Crippen LogP contribution in [0, 0.1) is 18.8 Å². The van der Waals surface area contributed by atoms with Gasteiger partial charge in [-0.15, -0.1) is 0 Å². The van der Waals surface area contributed by atoms with Crippen molar-refractivity contribution in [2.75, 3.05) is 45.9 Å². The number of phenolic OH excluding ortho intramolecular Hbond substituents is 1. The fraction of sp³-hybridized carbons (Fsp3) is 0.652. The molecule has 7 nitrogen and oxygen atoms in total. The maximum absolute atomic E-state index is 12.5. The lowest BCUT2D eigenvalue weighted by atomic mass is 9.95. The highest BCUT2D eigenvalue weighted by Gasteiger charge is 2.31. The Morgan fingerprint density at radius 1 is 1.17 bits per heavy atom. The van der Waals surface area contributed by atoms with Gasteiger partial charge in [0.15, 0.2) is 0 Å². The van der Waals surface area contributed by atoms with Crippen LogP contribution in [0.3, 0.4) is 0 Å². The van der Waals surface area contributed by atoms with Crippen LogP contribution in [-0.4, -0.2) is 78.7 Å². The molecule has 1 atom stereocenters. The highest BCUT2D eigenvalue weighted by atomic mass is 16.5. The molecule has 1 aromatic carbocycles. The molecule has 2 aliphatic heterocycles. The summed E-state index contributed by atoms with van der Waals surface area (Å²) in [4.78, 5) is 29.3. The molecule has 2 N–H and O–H groups in total. The van der Waals surface area contributed by atoms with Gasteiger partial charge in [-0.3, -0.25) is 9.59 Å². The Labute approximate surface area is 178 Å². The molecule has 1 aromatic rings.